The number of ether oxygens (including phenoxy) is 1. The minimum atomic E-state index is -0.968. The predicted molar refractivity (Wildman–Crippen MR) is 81.8 cm³/mol. The number of halogens is 2. The minimum Gasteiger partial charge on any atom is -0.488 e. The van der Waals surface area contributed by atoms with Crippen LogP contribution >= 0.6 is 34.5 Å². The largest absolute Gasteiger partial charge is 0.488 e. The first-order chi connectivity index (χ1) is 9.52. The fraction of sp³-hybridized carbons (Fsp3) is 0.0714. The van der Waals surface area contributed by atoms with E-state index >= 15 is 0 Å². The van der Waals surface area contributed by atoms with Crippen LogP contribution in [0.1, 0.15) is 9.75 Å². The third kappa shape index (κ3) is 4.56. The van der Waals surface area contributed by atoms with Crippen LogP contribution in [-0.2, 0) is 11.4 Å². The zero-order valence-corrected chi connectivity index (χ0v) is 12.5. The maximum atomic E-state index is 10.4. The first-order valence-electron chi connectivity index (χ1n) is 5.61. The van der Waals surface area contributed by atoms with Crippen LogP contribution in [0.3, 0.4) is 0 Å². The number of benzene rings is 1. The third-order valence-corrected chi connectivity index (χ3v) is 3.75. The lowest BCUT2D eigenvalue weighted by molar-refractivity contribution is -0.131. The van der Waals surface area contributed by atoms with Crippen LogP contribution in [0.15, 0.2) is 36.4 Å². The first kappa shape index (κ1) is 14.9. The zero-order valence-electron chi connectivity index (χ0n) is 10.2. The number of carbonyl (C=O) groups is 1. The Bertz CT molecular complexity index is 629. The molecule has 0 saturated carbocycles. The van der Waals surface area contributed by atoms with E-state index in [0.717, 1.165) is 15.8 Å². The fourth-order valence-corrected chi connectivity index (χ4v) is 2.82. The molecule has 20 heavy (non-hydrogen) atoms. The smallest absolute Gasteiger partial charge is 0.328 e. The summed E-state index contributed by atoms with van der Waals surface area (Å²) >= 11 is 13.2. The molecule has 0 fully saturated rings. The van der Waals surface area contributed by atoms with Gasteiger partial charge < -0.3 is 9.84 Å². The molecule has 0 aliphatic heterocycles. The van der Waals surface area contributed by atoms with Crippen molar-refractivity contribution in [1.82, 2.24) is 0 Å². The molecule has 0 saturated heterocycles. The van der Waals surface area contributed by atoms with Gasteiger partial charge in [-0.25, -0.2) is 4.79 Å². The molecule has 1 aromatic heterocycles. The Morgan fingerprint density at radius 1 is 1.25 bits per heavy atom. The average molecular weight is 329 g/mol. The molecule has 6 heteroatoms. The summed E-state index contributed by atoms with van der Waals surface area (Å²) in [7, 11) is 0. The van der Waals surface area contributed by atoms with Gasteiger partial charge in [-0.2, -0.15) is 0 Å². The van der Waals surface area contributed by atoms with Gasteiger partial charge >= 0.3 is 5.97 Å². The highest BCUT2D eigenvalue weighted by atomic mass is 35.5. The Labute approximate surface area is 130 Å². The zero-order chi connectivity index (χ0) is 14.5. The number of hydrogen-bond acceptors (Lipinski definition) is 3. The average Bonchev–Trinajstić information content (AvgIpc) is 2.81. The summed E-state index contributed by atoms with van der Waals surface area (Å²) < 4.78 is 5.59. The molecule has 3 nitrogen and oxygen atoms in total. The molecule has 1 N–H and O–H groups in total. The molecule has 0 bridgehead atoms. The molecule has 0 aliphatic rings. The quantitative estimate of drug-likeness (QED) is 0.807. The van der Waals surface area contributed by atoms with Gasteiger partial charge in [-0.1, -0.05) is 23.2 Å². The molecule has 0 spiro atoms. The van der Waals surface area contributed by atoms with Crippen LogP contribution in [-0.4, -0.2) is 11.1 Å². The van der Waals surface area contributed by atoms with E-state index in [4.69, 9.17) is 33.0 Å². The lowest BCUT2D eigenvalue weighted by atomic mass is 10.3. The molecule has 1 aromatic carbocycles. The number of aliphatic carboxylic acids is 1. The van der Waals surface area contributed by atoms with E-state index in [1.807, 2.05) is 12.1 Å². The van der Waals surface area contributed by atoms with Crippen LogP contribution in [0.2, 0.25) is 10.0 Å². The summed E-state index contributed by atoms with van der Waals surface area (Å²) in [5.74, 6) is -0.372. The van der Waals surface area contributed by atoms with Crippen molar-refractivity contribution >= 4 is 46.6 Å². The topological polar surface area (TPSA) is 46.5 Å². The Balaban J connectivity index is 1.99. The maximum Gasteiger partial charge on any atom is 0.328 e. The van der Waals surface area contributed by atoms with Gasteiger partial charge in [0.15, 0.2) is 0 Å². The summed E-state index contributed by atoms with van der Waals surface area (Å²) in [4.78, 5) is 12.3. The van der Waals surface area contributed by atoms with Gasteiger partial charge in [0.1, 0.15) is 12.4 Å². The number of carboxylic acid groups (broad SMARTS) is 1. The Kier molecular flexibility index (Phi) is 5.06. The Morgan fingerprint density at radius 3 is 2.60 bits per heavy atom. The lowest BCUT2D eigenvalue weighted by Crippen LogP contribution is -1.92. The molecule has 2 rings (SSSR count). The van der Waals surface area contributed by atoms with Crippen LogP contribution < -0.4 is 4.74 Å². The van der Waals surface area contributed by atoms with Crippen molar-refractivity contribution in [3.8, 4) is 5.75 Å². The molecular formula is C14H10Cl2O3S. The van der Waals surface area contributed by atoms with E-state index in [-0.39, 0.29) is 0 Å². The van der Waals surface area contributed by atoms with Gasteiger partial charge in [0.05, 0.1) is 0 Å². The van der Waals surface area contributed by atoms with Gasteiger partial charge in [-0.15, -0.1) is 11.3 Å². The third-order valence-electron chi connectivity index (χ3n) is 2.29. The molecule has 0 unspecified atom stereocenters. The van der Waals surface area contributed by atoms with E-state index in [1.54, 1.807) is 24.3 Å². The number of carboxylic acids is 1. The summed E-state index contributed by atoms with van der Waals surface area (Å²) in [5, 5.41) is 9.59. The summed E-state index contributed by atoms with van der Waals surface area (Å²) in [6.45, 7) is 0.377. The summed E-state index contributed by atoms with van der Waals surface area (Å²) in [6.07, 6.45) is 2.65. The molecule has 1 heterocycles. The van der Waals surface area contributed by atoms with Crippen molar-refractivity contribution in [1.29, 1.82) is 0 Å². The van der Waals surface area contributed by atoms with Crippen molar-refractivity contribution in [3.05, 3.63) is 56.2 Å². The highest BCUT2D eigenvalue weighted by Crippen LogP contribution is 2.26. The van der Waals surface area contributed by atoms with Gasteiger partial charge in [0.2, 0.25) is 0 Å². The highest BCUT2D eigenvalue weighted by Gasteiger charge is 2.02. The van der Waals surface area contributed by atoms with Crippen molar-refractivity contribution in [2.75, 3.05) is 0 Å². The number of thiophene rings is 1. The van der Waals surface area contributed by atoms with Gasteiger partial charge in [-0.3, -0.25) is 0 Å². The highest BCUT2D eigenvalue weighted by molar-refractivity contribution is 7.12. The van der Waals surface area contributed by atoms with E-state index in [1.165, 1.54) is 11.3 Å². The van der Waals surface area contributed by atoms with Gasteiger partial charge in [0, 0.05) is 25.9 Å². The Morgan fingerprint density at radius 2 is 1.95 bits per heavy atom. The Hall–Kier alpha value is -1.49. The van der Waals surface area contributed by atoms with Crippen LogP contribution in [0.4, 0.5) is 0 Å². The lowest BCUT2D eigenvalue weighted by Gasteiger charge is -2.05. The van der Waals surface area contributed by atoms with E-state index in [0.29, 0.717) is 22.4 Å². The van der Waals surface area contributed by atoms with E-state index < -0.39 is 5.97 Å². The van der Waals surface area contributed by atoms with Crippen molar-refractivity contribution < 1.29 is 14.6 Å². The number of rotatable bonds is 5. The molecule has 0 atom stereocenters. The second-order valence-electron chi connectivity index (χ2n) is 3.87. The second kappa shape index (κ2) is 6.79. The normalized spacial score (nSPS) is 10.9. The van der Waals surface area contributed by atoms with E-state index in [9.17, 15) is 4.79 Å². The minimum absolute atomic E-state index is 0.377. The molecule has 2 aromatic rings. The van der Waals surface area contributed by atoms with Gasteiger partial charge in [0.25, 0.3) is 0 Å². The number of hydrogen-bond donors (Lipinski definition) is 1. The summed E-state index contributed by atoms with van der Waals surface area (Å²) in [6, 6.07) is 8.74. The monoisotopic (exact) mass is 328 g/mol. The van der Waals surface area contributed by atoms with Crippen LogP contribution in [0.5, 0.6) is 5.75 Å². The van der Waals surface area contributed by atoms with Crippen molar-refractivity contribution in [2.24, 2.45) is 0 Å². The SMILES string of the molecule is O=C(O)C=Cc1ccc(COc2cc(Cl)cc(Cl)c2)s1. The predicted octanol–water partition coefficient (Wildman–Crippen LogP) is 4.73. The fourth-order valence-electron chi connectivity index (χ4n) is 1.48. The molecular weight excluding hydrogens is 319 g/mol. The van der Waals surface area contributed by atoms with Gasteiger partial charge in [-0.05, 0) is 36.4 Å². The van der Waals surface area contributed by atoms with Crippen molar-refractivity contribution in [3.63, 3.8) is 0 Å². The maximum absolute atomic E-state index is 10.4. The molecule has 0 amide bonds. The summed E-state index contributed by atoms with van der Waals surface area (Å²) in [5.41, 5.74) is 0. The van der Waals surface area contributed by atoms with E-state index in [2.05, 4.69) is 0 Å². The van der Waals surface area contributed by atoms with Crippen LogP contribution in [0.25, 0.3) is 6.08 Å². The standard InChI is InChI=1S/C14H10Cl2O3S/c15-9-5-10(16)7-11(6-9)19-8-13-2-1-12(20-13)3-4-14(17)18/h1-7H,8H2,(H,17,18). The first-order valence-corrected chi connectivity index (χ1v) is 7.19. The molecule has 0 aliphatic carbocycles. The van der Waals surface area contributed by atoms with Crippen molar-refractivity contribution in [2.45, 2.75) is 6.61 Å². The molecule has 104 valence electrons. The second-order valence-corrected chi connectivity index (χ2v) is 5.94. The molecule has 0 radical (unpaired) electrons. The van der Waals surface area contributed by atoms with Crippen LogP contribution in [0, 0.1) is 0 Å².